The highest BCUT2D eigenvalue weighted by molar-refractivity contribution is 6.30. The molecule has 0 unspecified atom stereocenters. The van der Waals surface area contributed by atoms with Crippen molar-refractivity contribution in [1.82, 2.24) is 29.2 Å². The Morgan fingerprint density at radius 2 is 2.04 bits per heavy atom. The Morgan fingerprint density at radius 1 is 1.19 bits per heavy atom. The molecule has 140 valence electrons. The van der Waals surface area contributed by atoms with E-state index in [1.165, 1.54) is 0 Å². The minimum absolute atomic E-state index is 0.164. The van der Waals surface area contributed by atoms with Crippen molar-refractivity contribution in [2.24, 2.45) is 5.92 Å². The number of rotatable bonds is 3. The van der Waals surface area contributed by atoms with E-state index in [1.54, 1.807) is 31.7 Å². The van der Waals surface area contributed by atoms with Crippen LogP contribution in [0.5, 0.6) is 0 Å². The first-order valence-corrected chi connectivity index (χ1v) is 9.53. The van der Waals surface area contributed by atoms with Gasteiger partial charge in [-0.25, -0.2) is 15.0 Å². The minimum atomic E-state index is 0.164. The lowest BCUT2D eigenvalue weighted by Crippen LogP contribution is -2.29. The molecule has 0 aromatic carbocycles. The molecule has 1 amide bonds. The summed E-state index contributed by atoms with van der Waals surface area (Å²) in [6.07, 6.45) is 12.7. The van der Waals surface area contributed by atoms with Crippen molar-refractivity contribution in [3.63, 3.8) is 0 Å². The van der Waals surface area contributed by atoms with Gasteiger partial charge in [0.05, 0.1) is 35.0 Å². The zero-order chi connectivity index (χ0) is 18.8. The average molecular weight is 385 g/mol. The third kappa shape index (κ3) is 3.93. The fourth-order valence-electron chi connectivity index (χ4n) is 3.65. The van der Waals surface area contributed by atoms with Crippen LogP contribution in [0.1, 0.15) is 31.9 Å². The summed E-state index contributed by atoms with van der Waals surface area (Å²) in [5.74, 6) is 1.25. The van der Waals surface area contributed by atoms with Crippen LogP contribution in [0.2, 0.25) is 5.02 Å². The van der Waals surface area contributed by atoms with Crippen molar-refractivity contribution < 1.29 is 4.79 Å². The zero-order valence-electron chi connectivity index (χ0n) is 15.2. The molecule has 1 aliphatic heterocycles. The lowest BCUT2D eigenvalue weighted by molar-refractivity contribution is -0.128. The second kappa shape index (κ2) is 7.60. The molecule has 0 radical (unpaired) electrons. The fourth-order valence-corrected chi connectivity index (χ4v) is 3.79. The van der Waals surface area contributed by atoms with Gasteiger partial charge >= 0.3 is 0 Å². The Labute approximate surface area is 162 Å². The van der Waals surface area contributed by atoms with E-state index < -0.39 is 0 Å². The van der Waals surface area contributed by atoms with Crippen molar-refractivity contribution >= 4 is 23.3 Å². The Morgan fingerprint density at radius 3 is 2.89 bits per heavy atom. The third-order valence-electron chi connectivity index (χ3n) is 5.07. The Balaban J connectivity index is 1.54. The summed E-state index contributed by atoms with van der Waals surface area (Å²) in [4.78, 5) is 31.2. The molecule has 1 fully saturated rings. The molecule has 0 spiro atoms. The van der Waals surface area contributed by atoms with Gasteiger partial charge in [0.1, 0.15) is 5.69 Å². The Bertz CT molecular complexity index is 972. The number of amides is 1. The number of hydrogen-bond acceptors (Lipinski definition) is 5. The van der Waals surface area contributed by atoms with Crippen LogP contribution in [0.4, 0.5) is 0 Å². The Kier molecular flexibility index (Phi) is 5.03. The molecule has 0 saturated carbocycles. The molecular weight excluding hydrogens is 364 g/mol. The molecule has 0 bridgehead atoms. The van der Waals surface area contributed by atoms with Gasteiger partial charge in [0.25, 0.3) is 0 Å². The molecule has 1 aliphatic rings. The van der Waals surface area contributed by atoms with Gasteiger partial charge in [-0.05, 0) is 31.6 Å². The van der Waals surface area contributed by atoms with E-state index in [9.17, 15) is 4.79 Å². The molecule has 4 rings (SSSR count). The average Bonchev–Trinajstić information content (AvgIpc) is 2.92. The maximum Gasteiger partial charge on any atom is 0.234 e. The first-order valence-electron chi connectivity index (χ1n) is 9.15. The molecule has 0 N–H and O–H groups in total. The van der Waals surface area contributed by atoms with Crippen molar-refractivity contribution in [1.29, 1.82) is 0 Å². The minimum Gasteiger partial charge on any atom is -0.343 e. The van der Waals surface area contributed by atoms with Crippen molar-refractivity contribution in [3.8, 4) is 11.4 Å². The van der Waals surface area contributed by atoms with Crippen LogP contribution < -0.4 is 0 Å². The number of hydrogen-bond donors (Lipinski definition) is 0. The summed E-state index contributed by atoms with van der Waals surface area (Å²) in [7, 11) is 0. The number of likely N-dealkylation sites (tertiary alicyclic amines) is 1. The molecule has 3 aromatic heterocycles. The highest BCUT2D eigenvalue weighted by Gasteiger charge is 2.20. The highest BCUT2D eigenvalue weighted by Crippen LogP contribution is 2.23. The number of aromatic nitrogens is 5. The predicted molar refractivity (Wildman–Crippen MR) is 102 cm³/mol. The van der Waals surface area contributed by atoms with E-state index in [2.05, 4.69) is 15.0 Å². The second-order valence-corrected chi connectivity index (χ2v) is 7.42. The standard InChI is InChI=1S/C19H21ClN6O/c1-13(27)25-5-2-3-14(4-6-25)7-16-9-21-10-17(24-16)18-11-23-19-22-8-15(20)12-26(18)19/h8-12,14H,2-7H2,1H3/t14-/m1/s1. The number of imidazole rings is 1. The van der Waals surface area contributed by atoms with E-state index >= 15 is 0 Å². The summed E-state index contributed by atoms with van der Waals surface area (Å²) < 4.78 is 1.83. The van der Waals surface area contributed by atoms with E-state index in [0.29, 0.717) is 16.7 Å². The topological polar surface area (TPSA) is 76.3 Å². The van der Waals surface area contributed by atoms with Crippen molar-refractivity contribution in [2.45, 2.75) is 32.6 Å². The van der Waals surface area contributed by atoms with E-state index in [4.69, 9.17) is 16.6 Å². The van der Waals surface area contributed by atoms with Crippen LogP contribution in [0.3, 0.4) is 0 Å². The van der Waals surface area contributed by atoms with Crippen LogP contribution in [0.25, 0.3) is 17.2 Å². The molecule has 8 heteroatoms. The van der Waals surface area contributed by atoms with Crippen molar-refractivity contribution in [3.05, 3.63) is 41.7 Å². The van der Waals surface area contributed by atoms with Crippen LogP contribution >= 0.6 is 11.6 Å². The molecule has 3 aromatic rings. The maximum absolute atomic E-state index is 11.6. The number of fused-ring (bicyclic) bond motifs is 1. The highest BCUT2D eigenvalue weighted by atomic mass is 35.5. The third-order valence-corrected chi connectivity index (χ3v) is 5.27. The summed E-state index contributed by atoms with van der Waals surface area (Å²) >= 11 is 6.07. The largest absolute Gasteiger partial charge is 0.343 e. The number of nitrogens with zero attached hydrogens (tertiary/aromatic N) is 6. The molecule has 0 aliphatic carbocycles. The smallest absolute Gasteiger partial charge is 0.234 e. The van der Waals surface area contributed by atoms with Crippen LogP contribution in [-0.4, -0.2) is 48.2 Å². The number of halogens is 1. The number of carbonyl (C=O) groups is 1. The summed E-state index contributed by atoms with van der Waals surface area (Å²) in [6, 6.07) is 0. The van der Waals surface area contributed by atoms with Gasteiger partial charge < -0.3 is 4.90 Å². The van der Waals surface area contributed by atoms with Gasteiger partial charge in [0.15, 0.2) is 0 Å². The molecular formula is C19H21ClN6O. The van der Waals surface area contributed by atoms with Crippen LogP contribution in [0, 0.1) is 5.92 Å². The number of carbonyl (C=O) groups excluding carboxylic acids is 1. The monoisotopic (exact) mass is 384 g/mol. The SMILES string of the molecule is CC(=O)N1CCC[C@@H](Cc2cncc(-c3cnc4ncc(Cl)cn34)n2)CC1. The van der Waals surface area contributed by atoms with Gasteiger partial charge in [-0.3, -0.25) is 14.2 Å². The molecule has 4 heterocycles. The first kappa shape index (κ1) is 17.9. The second-order valence-electron chi connectivity index (χ2n) is 6.99. The predicted octanol–water partition coefficient (Wildman–Crippen LogP) is 3.03. The van der Waals surface area contributed by atoms with E-state index in [1.807, 2.05) is 15.5 Å². The van der Waals surface area contributed by atoms with Gasteiger partial charge in [-0.15, -0.1) is 0 Å². The summed E-state index contributed by atoms with van der Waals surface area (Å²) in [5.41, 5.74) is 2.53. The Hall–Kier alpha value is -2.54. The normalized spacial score (nSPS) is 17.9. The zero-order valence-corrected chi connectivity index (χ0v) is 15.9. The lowest BCUT2D eigenvalue weighted by atomic mass is 9.95. The van der Waals surface area contributed by atoms with Gasteiger partial charge in [-0.1, -0.05) is 11.6 Å². The van der Waals surface area contributed by atoms with E-state index in [0.717, 1.165) is 55.9 Å². The molecule has 1 saturated heterocycles. The quantitative estimate of drug-likeness (QED) is 0.693. The lowest BCUT2D eigenvalue weighted by Gasteiger charge is -2.18. The van der Waals surface area contributed by atoms with E-state index in [-0.39, 0.29) is 5.91 Å². The summed E-state index contributed by atoms with van der Waals surface area (Å²) in [6.45, 7) is 3.32. The van der Waals surface area contributed by atoms with Crippen LogP contribution in [0.15, 0.2) is 31.0 Å². The fraction of sp³-hybridized carbons (Fsp3) is 0.421. The van der Waals surface area contributed by atoms with Crippen molar-refractivity contribution in [2.75, 3.05) is 13.1 Å². The van der Waals surface area contributed by atoms with Gasteiger partial charge in [0, 0.05) is 32.4 Å². The van der Waals surface area contributed by atoms with Gasteiger partial charge in [0.2, 0.25) is 11.7 Å². The molecule has 1 atom stereocenters. The first-order chi connectivity index (χ1) is 13.1. The van der Waals surface area contributed by atoms with Gasteiger partial charge in [-0.2, -0.15) is 0 Å². The molecule has 7 nitrogen and oxygen atoms in total. The summed E-state index contributed by atoms with van der Waals surface area (Å²) in [5, 5.41) is 0.541. The van der Waals surface area contributed by atoms with Crippen LogP contribution in [-0.2, 0) is 11.2 Å². The molecule has 27 heavy (non-hydrogen) atoms. The maximum atomic E-state index is 11.6.